The number of benzene rings is 2. The van der Waals surface area contributed by atoms with Gasteiger partial charge in [-0.1, -0.05) is 102 Å². The molecule has 0 fully saturated rings. The lowest BCUT2D eigenvalue weighted by atomic mass is 10.0. The molecule has 0 N–H and O–H groups in total. The van der Waals surface area contributed by atoms with Gasteiger partial charge in [0.1, 0.15) is 6.61 Å². The van der Waals surface area contributed by atoms with E-state index in [0.717, 1.165) is 5.56 Å². The van der Waals surface area contributed by atoms with Crippen LogP contribution in [0.15, 0.2) is 58.3 Å². The number of thiol groups is 1. The van der Waals surface area contributed by atoms with E-state index in [2.05, 4.69) is 43.3 Å². The van der Waals surface area contributed by atoms with Crippen LogP contribution in [0.1, 0.15) is 95.1 Å². The first-order valence-electron chi connectivity index (χ1n) is 14.2. The average Bonchev–Trinajstić information content (AvgIpc) is 2.89. The van der Waals surface area contributed by atoms with Crippen LogP contribution in [0.2, 0.25) is 0 Å². The van der Waals surface area contributed by atoms with Gasteiger partial charge in [-0.15, -0.1) is 11.6 Å². The molecule has 0 bridgehead atoms. The zero-order valence-corrected chi connectivity index (χ0v) is 24.8. The predicted molar refractivity (Wildman–Crippen MR) is 159 cm³/mol. The molecule has 0 aliphatic carbocycles. The lowest BCUT2D eigenvalue weighted by Gasteiger charge is -2.04. The van der Waals surface area contributed by atoms with Crippen molar-refractivity contribution >= 4 is 36.6 Å². The normalized spacial score (nSPS) is 11.1. The first kappa shape index (κ1) is 35.4. The summed E-state index contributed by atoms with van der Waals surface area (Å²) in [5.41, 5.74) is 2.41. The van der Waals surface area contributed by atoms with Crippen LogP contribution < -0.4 is 0 Å². The van der Waals surface area contributed by atoms with Gasteiger partial charge in [-0.3, -0.25) is 4.79 Å². The maximum absolute atomic E-state index is 11.7. The highest BCUT2D eigenvalue weighted by Crippen LogP contribution is 2.17. The molecule has 0 atom stereocenters. The van der Waals surface area contributed by atoms with Gasteiger partial charge in [0.25, 0.3) is 0 Å². The first-order valence-corrected chi connectivity index (χ1v) is 15.6. The fourth-order valence-corrected chi connectivity index (χ4v) is 5.09. The van der Waals surface area contributed by atoms with Crippen molar-refractivity contribution in [1.29, 1.82) is 0 Å². The average molecular weight is 591 g/mol. The lowest BCUT2D eigenvalue weighted by Crippen LogP contribution is -2.09. The molecule has 0 unspecified atom stereocenters. The molecule has 2 aromatic carbocycles. The maximum atomic E-state index is 11.7. The standard InChI is InChI=1S/C30H43ClO2S.BF4/c1-2-3-4-5-6-7-8-9-10-11-12-13-14-26-15-19-28(20-16-26)34-29-21-17-27(18-22-29)25-30(32)33-24-23-31;2-1(3,4)5/h15-22H,2-14,23-25H2,1H3;/q;-1/p+1. The van der Waals surface area contributed by atoms with Gasteiger partial charge >= 0.3 is 13.2 Å². The summed E-state index contributed by atoms with van der Waals surface area (Å²) in [5, 5.41) is 0. The Labute approximate surface area is 241 Å². The van der Waals surface area contributed by atoms with Crippen LogP contribution in [-0.2, 0) is 34.1 Å². The van der Waals surface area contributed by atoms with Gasteiger partial charge in [-0.2, -0.15) is 0 Å². The van der Waals surface area contributed by atoms with E-state index in [1.165, 1.54) is 111 Å². The number of hydrogen-bond donors (Lipinski definition) is 0. The van der Waals surface area contributed by atoms with Gasteiger partial charge in [0, 0.05) is 11.8 Å². The first-order chi connectivity index (χ1) is 18.7. The Morgan fingerprint density at radius 3 is 1.56 bits per heavy atom. The third-order valence-corrected chi connectivity index (χ3v) is 7.41. The largest absolute Gasteiger partial charge is 0.673 e. The Balaban J connectivity index is 0.00000139. The van der Waals surface area contributed by atoms with Crippen LogP contribution in [0.3, 0.4) is 0 Å². The second-order valence-corrected chi connectivity index (χ2v) is 11.3. The van der Waals surface area contributed by atoms with Crippen molar-refractivity contribution in [3.8, 4) is 0 Å². The smallest absolute Gasteiger partial charge is 0.464 e. The van der Waals surface area contributed by atoms with Crippen LogP contribution in [0.4, 0.5) is 17.3 Å². The zero-order valence-electron chi connectivity index (χ0n) is 23.2. The van der Waals surface area contributed by atoms with Crippen molar-refractivity contribution in [3.63, 3.8) is 0 Å². The highest BCUT2D eigenvalue weighted by atomic mass is 35.5. The zero-order chi connectivity index (χ0) is 28.8. The Kier molecular flexibility index (Phi) is 20.0. The molecule has 39 heavy (non-hydrogen) atoms. The summed E-state index contributed by atoms with van der Waals surface area (Å²) in [6, 6.07) is 17.2. The lowest BCUT2D eigenvalue weighted by molar-refractivity contribution is -0.142. The van der Waals surface area contributed by atoms with Crippen molar-refractivity contribution in [2.75, 3.05) is 12.5 Å². The predicted octanol–water partition coefficient (Wildman–Crippen LogP) is 9.79. The molecule has 2 aromatic rings. The molecule has 0 aromatic heterocycles. The van der Waals surface area contributed by atoms with E-state index < -0.39 is 7.25 Å². The van der Waals surface area contributed by atoms with Crippen molar-refractivity contribution in [3.05, 3.63) is 59.7 Å². The van der Waals surface area contributed by atoms with E-state index in [4.69, 9.17) is 16.3 Å². The Morgan fingerprint density at radius 2 is 1.13 bits per heavy atom. The minimum atomic E-state index is -6.00. The number of esters is 1. The highest BCUT2D eigenvalue weighted by molar-refractivity contribution is 7.78. The van der Waals surface area contributed by atoms with E-state index in [-0.39, 0.29) is 12.6 Å². The molecule has 0 heterocycles. The number of halogens is 5. The molecule has 2 nitrogen and oxygen atoms in total. The van der Waals surface area contributed by atoms with Gasteiger partial charge in [0.15, 0.2) is 9.79 Å². The van der Waals surface area contributed by atoms with Crippen LogP contribution in [-0.4, -0.2) is 25.7 Å². The van der Waals surface area contributed by atoms with E-state index in [9.17, 15) is 22.1 Å². The number of unbranched alkanes of at least 4 members (excludes halogenated alkanes) is 11. The molecule has 220 valence electrons. The van der Waals surface area contributed by atoms with Crippen LogP contribution in [0.5, 0.6) is 0 Å². The van der Waals surface area contributed by atoms with Crippen molar-refractivity contribution < 1.29 is 26.8 Å². The number of alkyl halides is 1. The fourth-order valence-electron chi connectivity index (χ4n) is 4.11. The molecule has 0 aliphatic heterocycles. The quantitative estimate of drug-likeness (QED) is 0.0310. The molecule has 0 amide bonds. The van der Waals surface area contributed by atoms with Gasteiger partial charge in [-0.05, 0) is 48.2 Å². The van der Waals surface area contributed by atoms with E-state index in [0.29, 0.717) is 12.3 Å². The molecular formula is C30H44BClF4O2S. The number of hydrogen-bond acceptors (Lipinski definition) is 2. The van der Waals surface area contributed by atoms with Gasteiger partial charge in [0.05, 0.1) is 12.3 Å². The van der Waals surface area contributed by atoms with Gasteiger partial charge < -0.3 is 22.0 Å². The molecule has 0 saturated carbocycles. The number of carbonyl (C=O) groups is 1. The molecule has 2 rings (SSSR count). The topological polar surface area (TPSA) is 26.3 Å². The Morgan fingerprint density at radius 1 is 0.718 bits per heavy atom. The number of carbonyl (C=O) groups excluding carboxylic acids is 1. The van der Waals surface area contributed by atoms with Crippen molar-refractivity contribution in [2.45, 2.75) is 107 Å². The minimum absolute atomic E-state index is 0.227. The third-order valence-electron chi connectivity index (χ3n) is 6.14. The molecule has 9 heteroatoms. The van der Waals surface area contributed by atoms with Crippen LogP contribution in [0, 0.1) is 0 Å². The van der Waals surface area contributed by atoms with E-state index >= 15 is 0 Å². The summed E-state index contributed by atoms with van der Waals surface area (Å²) in [6.07, 6.45) is 18.2. The second-order valence-electron chi connectivity index (χ2n) is 9.66. The molecule has 0 aliphatic rings. The van der Waals surface area contributed by atoms with Crippen molar-refractivity contribution in [1.82, 2.24) is 0 Å². The van der Waals surface area contributed by atoms with Crippen LogP contribution in [0.25, 0.3) is 0 Å². The maximum Gasteiger partial charge on any atom is 0.673 e. The van der Waals surface area contributed by atoms with Crippen LogP contribution >= 0.6 is 11.6 Å². The summed E-state index contributed by atoms with van der Waals surface area (Å²) in [5.74, 6) is 0.108. The molecule has 0 radical (unpaired) electrons. The van der Waals surface area contributed by atoms with Crippen molar-refractivity contribution in [2.24, 2.45) is 0 Å². The summed E-state index contributed by atoms with van der Waals surface area (Å²) in [7, 11) is -6.00. The summed E-state index contributed by atoms with van der Waals surface area (Å²) in [6.45, 7) is 2.55. The Bertz CT molecular complexity index is 874. The molecule has 0 spiro atoms. The number of ether oxygens (including phenoxy) is 1. The van der Waals surface area contributed by atoms with Gasteiger partial charge in [-0.25, -0.2) is 0 Å². The summed E-state index contributed by atoms with van der Waals surface area (Å²) < 4.78 is 44.0. The molecule has 0 saturated heterocycles. The highest BCUT2D eigenvalue weighted by Gasteiger charge is 2.20. The van der Waals surface area contributed by atoms with E-state index in [1.807, 2.05) is 12.1 Å². The third kappa shape index (κ3) is 21.8. The fraction of sp³-hybridized carbons (Fsp3) is 0.567. The Hall–Kier alpha value is -1.67. The van der Waals surface area contributed by atoms with Gasteiger partial charge in [0.2, 0.25) is 0 Å². The van der Waals surface area contributed by atoms with E-state index in [1.54, 1.807) is 0 Å². The SMILES string of the molecule is CCCCCCCCCCCCCCc1ccc([SH+]c2ccc(CC(=O)OCCCl)cc2)cc1.F[B-](F)(F)F. The summed E-state index contributed by atoms with van der Waals surface area (Å²) >= 11 is 6.74. The monoisotopic (exact) mass is 590 g/mol. The number of rotatable bonds is 19. The summed E-state index contributed by atoms with van der Waals surface area (Å²) in [4.78, 5) is 14.2. The number of aryl methyl sites for hydroxylation is 1. The second kappa shape index (κ2) is 22.1. The minimum Gasteiger partial charge on any atom is -0.464 e. The molecular weight excluding hydrogens is 547 g/mol.